The third kappa shape index (κ3) is 4.14. The lowest BCUT2D eigenvalue weighted by Gasteiger charge is -2.08. The van der Waals surface area contributed by atoms with Crippen LogP contribution in [0, 0.1) is 0 Å². The van der Waals surface area contributed by atoms with Crippen molar-refractivity contribution in [2.75, 3.05) is 20.6 Å². The summed E-state index contributed by atoms with van der Waals surface area (Å²) in [6.07, 6.45) is 4.40. The third-order valence-corrected chi connectivity index (χ3v) is 4.04. The van der Waals surface area contributed by atoms with Gasteiger partial charge in [0.05, 0.1) is 0 Å². The maximum atomic E-state index is 5.90. The lowest BCUT2D eigenvalue weighted by Crippen LogP contribution is -2.13. The van der Waals surface area contributed by atoms with Crippen molar-refractivity contribution in [3.8, 4) is 5.75 Å². The molecule has 0 fully saturated rings. The van der Waals surface area contributed by atoms with Crippen LogP contribution in [-0.2, 0) is 13.0 Å². The Hall–Kier alpha value is -2.26. The average Bonchev–Trinajstić information content (AvgIpc) is 2.96. The Balaban J connectivity index is 1.65. The molecule has 1 N–H and O–H groups in total. The fourth-order valence-electron chi connectivity index (χ4n) is 2.79. The van der Waals surface area contributed by atoms with E-state index in [0.717, 1.165) is 24.2 Å². The predicted octanol–water partition coefficient (Wildman–Crippen LogP) is 4.24. The molecule has 0 unspecified atom stereocenters. The minimum atomic E-state index is 0.600. The molecule has 3 heteroatoms. The van der Waals surface area contributed by atoms with E-state index in [9.17, 15) is 0 Å². The van der Waals surface area contributed by atoms with E-state index >= 15 is 0 Å². The highest BCUT2D eigenvalue weighted by Crippen LogP contribution is 2.24. The number of nitrogens with one attached hydrogen (secondary N) is 1. The molecule has 23 heavy (non-hydrogen) atoms. The third-order valence-electron chi connectivity index (χ3n) is 4.04. The number of aryl methyl sites for hydroxylation is 1. The first kappa shape index (κ1) is 15.6. The number of aromatic nitrogens is 1. The smallest absolute Gasteiger partial charge is 0.121 e. The van der Waals surface area contributed by atoms with Crippen molar-refractivity contribution in [1.82, 2.24) is 9.88 Å². The Morgan fingerprint density at radius 2 is 1.87 bits per heavy atom. The number of rotatable bonds is 7. The minimum absolute atomic E-state index is 0.600. The maximum absolute atomic E-state index is 5.90. The molecule has 0 radical (unpaired) electrons. The Morgan fingerprint density at radius 1 is 1.04 bits per heavy atom. The molecule has 120 valence electrons. The quantitative estimate of drug-likeness (QED) is 0.707. The van der Waals surface area contributed by atoms with Crippen LogP contribution in [0.2, 0.25) is 0 Å². The molecule has 3 nitrogen and oxygen atoms in total. The van der Waals surface area contributed by atoms with Crippen LogP contribution in [0.25, 0.3) is 10.9 Å². The van der Waals surface area contributed by atoms with Gasteiger partial charge in [0.1, 0.15) is 12.4 Å². The lowest BCUT2D eigenvalue weighted by molar-refractivity contribution is 0.306. The maximum Gasteiger partial charge on any atom is 0.121 e. The number of aromatic amines is 1. The van der Waals surface area contributed by atoms with Gasteiger partial charge in [0.25, 0.3) is 0 Å². The molecule has 0 saturated heterocycles. The van der Waals surface area contributed by atoms with Crippen LogP contribution in [0.4, 0.5) is 0 Å². The molecule has 0 bridgehead atoms. The number of H-pyrrole nitrogens is 1. The summed E-state index contributed by atoms with van der Waals surface area (Å²) in [6, 6.07) is 16.6. The number of fused-ring (bicyclic) bond motifs is 1. The summed E-state index contributed by atoms with van der Waals surface area (Å²) >= 11 is 0. The summed E-state index contributed by atoms with van der Waals surface area (Å²) in [4.78, 5) is 5.60. The van der Waals surface area contributed by atoms with Gasteiger partial charge < -0.3 is 14.6 Å². The van der Waals surface area contributed by atoms with E-state index in [2.05, 4.69) is 60.5 Å². The van der Waals surface area contributed by atoms with Crippen molar-refractivity contribution < 1.29 is 4.74 Å². The zero-order valence-electron chi connectivity index (χ0n) is 13.9. The van der Waals surface area contributed by atoms with Crippen LogP contribution in [0.15, 0.2) is 54.7 Å². The molecule has 3 aromatic rings. The zero-order valence-corrected chi connectivity index (χ0v) is 13.9. The highest BCUT2D eigenvalue weighted by atomic mass is 16.5. The van der Waals surface area contributed by atoms with E-state index < -0.39 is 0 Å². The molecule has 0 spiro atoms. The van der Waals surface area contributed by atoms with E-state index in [1.165, 1.54) is 22.9 Å². The largest absolute Gasteiger partial charge is 0.489 e. The summed E-state index contributed by atoms with van der Waals surface area (Å²) in [6.45, 7) is 1.72. The Kier molecular flexibility index (Phi) is 4.99. The van der Waals surface area contributed by atoms with Crippen molar-refractivity contribution in [3.63, 3.8) is 0 Å². The summed E-state index contributed by atoms with van der Waals surface area (Å²) < 4.78 is 5.90. The predicted molar refractivity (Wildman–Crippen MR) is 95.9 cm³/mol. The number of ether oxygens (including phenoxy) is 1. The van der Waals surface area contributed by atoms with E-state index in [-0.39, 0.29) is 0 Å². The van der Waals surface area contributed by atoms with Gasteiger partial charge in [0.15, 0.2) is 0 Å². The monoisotopic (exact) mass is 308 g/mol. The minimum Gasteiger partial charge on any atom is -0.489 e. The summed E-state index contributed by atoms with van der Waals surface area (Å²) in [5.74, 6) is 0.906. The molecular weight excluding hydrogens is 284 g/mol. The molecule has 0 aliphatic heterocycles. The zero-order chi connectivity index (χ0) is 16.1. The van der Waals surface area contributed by atoms with E-state index in [4.69, 9.17) is 4.74 Å². The summed E-state index contributed by atoms with van der Waals surface area (Å²) in [5, 5.41) is 1.30. The number of hydrogen-bond acceptors (Lipinski definition) is 2. The van der Waals surface area contributed by atoms with Crippen LogP contribution in [-0.4, -0.2) is 30.5 Å². The van der Waals surface area contributed by atoms with Gasteiger partial charge in [-0.15, -0.1) is 0 Å². The van der Waals surface area contributed by atoms with E-state index in [1.807, 2.05) is 18.2 Å². The normalized spacial score (nSPS) is 11.3. The van der Waals surface area contributed by atoms with Crippen LogP contribution in [0.5, 0.6) is 5.75 Å². The number of benzene rings is 2. The van der Waals surface area contributed by atoms with E-state index in [0.29, 0.717) is 6.61 Å². The first-order chi connectivity index (χ1) is 11.2. The van der Waals surface area contributed by atoms with Gasteiger partial charge >= 0.3 is 0 Å². The molecule has 0 saturated carbocycles. The Labute approximate surface area is 137 Å². The first-order valence-electron chi connectivity index (χ1n) is 8.14. The molecule has 0 amide bonds. The Bertz CT molecular complexity index is 747. The van der Waals surface area contributed by atoms with Gasteiger partial charge in [-0.1, -0.05) is 30.3 Å². The van der Waals surface area contributed by atoms with Crippen molar-refractivity contribution in [2.45, 2.75) is 19.4 Å². The first-order valence-corrected chi connectivity index (χ1v) is 8.14. The molecule has 2 aromatic carbocycles. The van der Waals surface area contributed by atoms with Crippen molar-refractivity contribution in [1.29, 1.82) is 0 Å². The highest BCUT2D eigenvalue weighted by Gasteiger charge is 2.05. The average molecular weight is 308 g/mol. The molecule has 0 aliphatic carbocycles. The molecular formula is C20H24N2O. The second-order valence-electron chi connectivity index (χ2n) is 6.20. The standard InChI is InChI=1S/C20H24N2O/c1-22(2)12-6-9-17-14-21-20-13-18(10-11-19(17)20)23-15-16-7-4-3-5-8-16/h3-5,7-8,10-11,13-14,21H,6,9,12,15H2,1-2H3. The van der Waals surface area contributed by atoms with Crippen molar-refractivity contribution in [3.05, 3.63) is 65.9 Å². The molecule has 0 atom stereocenters. The van der Waals surface area contributed by atoms with Gasteiger partial charge in [0, 0.05) is 23.2 Å². The second-order valence-corrected chi connectivity index (χ2v) is 6.20. The fraction of sp³-hybridized carbons (Fsp3) is 0.300. The molecule has 3 rings (SSSR count). The van der Waals surface area contributed by atoms with Gasteiger partial charge in [0.2, 0.25) is 0 Å². The van der Waals surface area contributed by atoms with E-state index in [1.54, 1.807) is 0 Å². The van der Waals surface area contributed by atoms with Gasteiger partial charge in [-0.05, 0) is 56.7 Å². The molecule has 1 heterocycles. The number of nitrogens with zero attached hydrogens (tertiary/aromatic N) is 1. The van der Waals surface area contributed by atoms with Gasteiger partial charge in [-0.25, -0.2) is 0 Å². The summed E-state index contributed by atoms with van der Waals surface area (Å²) in [5.41, 5.74) is 3.72. The van der Waals surface area contributed by atoms with Gasteiger partial charge in [-0.3, -0.25) is 0 Å². The van der Waals surface area contributed by atoms with Crippen LogP contribution in [0.1, 0.15) is 17.5 Å². The topological polar surface area (TPSA) is 28.3 Å². The second kappa shape index (κ2) is 7.34. The fourth-order valence-corrected chi connectivity index (χ4v) is 2.79. The molecule has 1 aromatic heterocycles. The summed E-state index contributed by atoms with van der Waals surface area (Å²) in [7, 11) is 4.23. The van der Waals surface area contributed by atoms with Crippen molar-refractivity contribution in [2.24, 2.45) is 0 Å². The van der Waals surface area contributed by atoms with Crippen LogP contribution >= 0.6 is 0 Å². The van der Waals surface area contributed by atoms with Gasteiger partial charge in [-0.2, -0.15) is 0 Å². The molecule has 0 aliphatic rings. The Morgan fingerprint density at radius 3 is 2.65 bits per heavy atom. The number of hydrogen-bond donors (Lipinski definition) is 1. The SMILES string of the molecule is CN(C)CCCc1c[nH]c2cc(OCc3ccccc3)ccc12. The lowest BCUT2D eigenvalue weighted by atomic mass is 10.1. The van der Waals surface area contributed by atoms with Crippen LogP contribution < -0.4 is 4.74 Å². The highest BCUT2D eigenvalue weighted by molar-refractivity contribution is 5.84. The van der Waals surface area contributed by atoms with Crippen LogP contribution in [0.3, 0.4) is 0 Å². The van der Waals surface area contributed by atoms with Crippen molar-refractivity contribution >= 4 is 10.9 Å².